The van der Waals surface area contributed by atoms with E-state index in [0.29, 0.717) is 56.6 Å². The number of nitrogens with zero attached hydrogens (tertiary/aromatic N) is 3. The predicted molar refractivity (Wildman–Crippen MR) is 143 cm³/mol. The highest BCUT2D eigenvalue weighted by Gasteiger charge is 2.21. The molecule has 0 spiro atoms. The van der Waals surface area contributed by atoms with Crippen molar-refractivity contribution >= 4 is 35.6 Å². The van der Waals surface area contributed by atoms with Gasteiger partial charge in [-0.05, 0) is 43.4 Å². The Morgan fingerprint density at radius 3 is 2.67 bits per heavy atom. The molecule has 0 bridgehead atoms. The van der Waals surface area contributed by atoms with Crippen molar-refractivity contribution in [3.63, 3.8) is 0 Å². The molecule has 0 radical (unpaired) electrons. The maximum absolute atomic E-state index is 14.7. The van der Waals surface area contributed by atoms with Crippen LogP contribution in [0.25, 0.3) is 0 Å². The molecular formula is C24H41FIN5O2. The first-order valence-electron chi connectivity index (χ1n) is 12.0. The van der Waals surface area contributed by atoms with Crippen LogP contribution in [0, 0.1) is 11.7 Å². The van der Waals surface area contributed by atoms with Crippen LogP contribution < -0.4 is 15.5 Å². The van der Waals surface area contributed by atoms with Crippen molar-refractivity contribution in [2.24, 2.45) is 10.9 Å². The average Bonchev–Trinajstić information content (AvgIpc) is 2.76. The van der Waals surface area contributed by atoms with E-state index in [1.54, 1.807) is 6.07 Å². The van der Waals surface area contributed by atoms with E-state index < -0.39 is 0 Å². The SMILES string of the molecule is CCNC(=NCc1ccc(N2CCC(O)CC2)c(F)c1)NCC1CN(CC(C)C)CCO1.I. The van der Waals surface area contributed by atoms with E-state index in [1.807, 2.05) is 24.0 Å². The smallest absolute Gasteiger partial charge is 0.191 e. The minimum Gasteiger partial charge on any atom is -0.393 e. The molecule has 1 aromatic carbocycles. The van der Waals surface area contributed by atoms with Crippen LogP contribution in [0.15, 0.2) is 23.2 Å². The van der Waals surface area contributed by atoms with Crippen molar-refractivity contribution in [3.05, 3.63) is 29.6 Å². The summed E-state index contributed by atoms with van der Waals surface area (Å²) in [7, 11) is 0. The number of hydrogen-bond acceptors (Lipinski definition) is 5. The molecule has 2 aliphatic rings. The number of hydrogen-bond donors (Lipinski definition) is 3. The molecule has 2 heterocycles. The quantitative estimate of drug-likeness (QED) is 0.251. The van der Waals surface area contributed by atoms with Gasteiger partial charge < -0.3 is 25.4 Å². The first kappa shape index (κ1) is 28.1. The fourth-order valence-corrected chi connectivity index (χ4v) is 4.32. The van der Waals surface area contributed by atoms with Crippen LogP contribution in [0.4, 0.5) is 10.1 Å². The zero-order valence-corrected chi connectivity index (χ0v) is 22.6. The summed E-state index contributed by atoms with van der Waals surface area (Å²) in [6, 6.07) is 5.34. The fourth-order valence-electron chi connectivity index (χ4n) is 4.32. The molecule has 1 unspecified atom stereocenters. The first-order chi connectivity index (χ1) is 15.4. The second kappa shape index (κ2) is 14.3. The number of guanidine groups is 1. The van der Waals surface area contributed by atoms with Gasteiger partial charge in [0.2, 0.25) is 0 Å². The van der Waals surface area contributed by atoms with E-state index in [-0.39, 0.29) is 42.0 Å². The summed E-state index contributed by atoms with van der Waals surface area (Å²) in [5.41, 5.74) is 1.44. The normalized spacial score (nSPS) is 20.6. The Labute approximate surface area is 215 Å². The predicted octanol–water partition coefficient (Wildman–Crippen LogP) is 2.82. The Balaban J connectivity index is 0.00000385. The molecule has 3 N–H and O–H groups in total. The number of benzene rings is 1. The topological polar surface area (TPSA) is 72.4 Å². The van der Waals surface area contributed by atoms with Crippen LogP contribution in [-0.4, -0.2) is 80.6 Å². The van der Waals surface area contributed by atoms with Gasteiger partial charge in [-0.25, -0.2) is 9.38 Å². The van der Waals surface area contributed by atoms with E-state index in [0.717, 1.165) is 38.3 Å². The van der Waals surface area contributed by atoms with Gasteiger partial charge in [0.25, 0.3) is 0 Å². The number of morpholine rings is 1. The molecule has 9 heteroatoms. The molecule has 0 saturated carbocycles. The van der Waals surface area contributed by atoms with Gasteiger partial charge in [-0.15, -0.1) is 24.0 Å². The lowest BCUT2D eigenvalue weighted by Crippen LogP contribution is -2.50. The van der Waals surface area contributed by atoms with Gasteiger partial charge in [0.05, 0.1) is 31.0 Å². The third kappa shape index (κ3) is 9.18. The number of aliphatic imine (C=N–C) groups is 1. The van der Waals surface area contributed by atoms with Crippen molar-refractivity contribution < 1.29 is 14.2 Å². The lowest BCUT2D eigenvalue weighted by molar-refractivity contribution is -0.0284. The summed E-state index contributed by atoms with van der Waals surface area (Å²) in [4.78, 5) is 9.10. The van der Waals surface area contributed by atoms with Crippen LogP contribution in [-0.2, 0) is 11.3 Å². The van der Waals surface area contributed by atoms with Crippen LogP contribution in [0.2, 0.25) is 0 Å². The molecule has 2 saturated heterocycles. The molecule has 2 fully saturated rings. The Hall–Kier alpha value is -1.17. The van der Waals surface area contributed by atoms with Crippen LogP contribution in [0.3, 0.4) is 0 Å². The molecule has 1 aromatic rings. The number of aliphatic hydroxyl groups is 1. The number of ether oxygens (including phenoxy) is 1. The molecule has 7 nitrogen and oxygen atoms in total. The molecule has 188 valence electrons. The number of aliphatic hydroxyl groups excluding tert-OH is 1. The van der Waals surface area contributed by atoms with Crippen molar-refractivity contribution in [2.45, 2.75) is 52.4 Å². The van der Waals surface area contributed by atoms with Gasteiger partial charge in [-0.1, -0.05) is 19.9 Å². The summed E-state index contributed by atoms with van der Waals surface area (Å²) < 4.78 is 20.6. The van der Waals surface area contributed by atoms with Gasteiger partial charge in [-0.2, -0.15) is 0 Å². The largest absolute Gasteiger partial charge is 0.393 e. The Morgan fingerprint density at radius 1 is 1.24 bits per heavy atom. The van der Waals surface area contributed by atoms with E-state index in [4.69, 9.17) is 4.74 Å². The molecule has 2 aliphatic heterocycles. The van der Waals surface area contributed by atoms with E-state index in [9.17, 15) is 9.50 Å². The zero-order chi connectivity index (χ0) is 22.9. The molecular weight excluding hydrogens is 536 g/mol. The molecule has 0 aliphatic carbocycles. The summed E-state index contributed by atoms with van der Waals surface area (Å²) in [6.07, 6.45) is 1.23. The third-order valence-electron chi connectivity index (χ3n) is 5.92. The lowest BCUT2D eigenvalue weighted by Gasteiger charge is -2.34. The molecule has 33 heavy (non-hydrogen) atoms. The maximum atomic E-state index is 14.7. The second-order valence-electron chi connectivity index (χ2n) is 9.23. The minimum absolute atomic E-state index is 0. The monoisotopic (exact) mass is 577 g/mol. The van der Waals surface area contributed by atoms with Crippen molar-refractivity contribution in [2.75, 3.05) is 57.3 Å². The molecule has 1 atom stereocenters. The van der Waals surface area contributed by atoms with Crippen LogP contribution in [0.1, 0.15) is 39.2 Å². The van der Waals surface area contributed by atoms with E-state index >= 15 is 0 Å². The summed E-state index contributed by atoms with van der Waals surface area (Å²) >= 11 is 0. The lowest BCUT2D eigenvalue weighted by atomic mass is 10.1. The minimum atomic E-state index is -0.266. The highest BCUT2D eigenvalue weighted by atomic mass is 127. The van der Waals surface area contributed by atoms with Gasteiger partial charge in [0.15, 0.2) is 5.96 Å². The number of nitrogens with one attached hydrogen (secondary N) is 2. The Kier molecular flexibility index (Phi) is 12.1. The van der Waals surface area contributed by atoms with Crippen LogP contribution >= 0.6 is 24.0 Å². The fraction of sp³-hybridized carbons (Fsp3) is 0.708. The van der Waals surface area contributed by atoms with Crippen molar-refractivity contribution in [1.29, 1.82) is 0 Å². The van der Waals surface area contributed by atoms with Crippen molar-refractivity contribution in [1.82, 2.24) is 15.5 Å². The van der Waals surface area contributed by atoms with E-state index in [2.05, 4.69) is 34.4 Å². The number of piperidine rings is 1. The molecule has 0 amide bonds. The van der Waals surface area contributed by atoms with Crippen molar-refractivity contribution in [3.8, 4) is 0 Å². The van der Waals surface area contributed by atoms with Gasteiger partial charge in [0, 0.05) is 45.8 Å². The second-order valence-corrected chi connectivity index (χ2v) is 9.23. The maximum Gasteiger partial charge on any atom is 0.191 e. The van der Waals surface area contributed by atoms with Crippen LogP contribution in [0.5, 0.6) is 0 Å². The Bertz CT molecular complexity index is 744. The third-order valence-corrected chi connectivity index (χ3v) is 5.92. The first-order valence-corrected chi connectivity index (χ1v) is 12.0. The number of rotatable bonds is 8. The van der Waals surface area contributed by atoms with Gasteiger partial charge in [0.1, 0.15) is 5.82 Å². The zero-order valence-electron chi connectivity index (χ0n) is 20.2. The summed E-state index contributed by atoms with van der Waals surface area (Å²) in [5.74, 6) is 1.13. The summed E-state index contributed by atoms with van der Waals surface area (Å²) in [5, 5.41) is 16.3. The number of anilines is 1. The average molecular weight is 578 g/mol. The van der Waals surface area contributed by atoms with Gasteiger partial charge >= 0.3 is 0 Å². The van der Waals surface area contributed by atoms with Gasteiger partial charge in [-0.3, -0.25) is 4.90 Å². The summed E-state index contributed by atoms with van der Waals surface area (Å²) in [6.45, 7) is 13.5. The standard InChI is InChI=1S/C24H40FN5O2.HI/c1-4-26-24(28-15-21-17-29(11-12-32-21)16-18(2)3)27-14-19-5-6-23(22(25)13-19)30-9-7-20(31)8-10-30;/h5-6,13,18,20-21,31H,4,7-12,14-17H2,1-3H3,(H2,26,27,28);1H. The number of halogens is 2. The molecule has 3 rings (SSSR count). The highest BCUT2D eigenvalue weighted by Crippen LogP contribution is 2.24. The highest BCUT2D eigenvalue weighted by molar-refractivity contribution is 14.0. The van der Waals surface area contributed by atoms with E-state index in [1.165, 1.54) is 0 Å². The Morgan fingerprint density at radius 2 is 2.00 bits per heavy atom. The molecule has 0 aromatic heterocycles.